The van der Waals surface area contributed by atoms with Crippen LogP contribution in [0.2, 0.25) is 0 Å². The molecule has 0 aliphatic rings. The summed E-state index contributed by atoms with van der Waals surface area (Å²) >= 11 is 0. The van der Waals surface area contributed by atoms with E-state index in [1.807, 2.05) is 48.7 Å². The maximum Gasteiger partial charge on any atom is 0.225 e. The van der Waals surface area contributed by atoms with Gasteiger partial charge < -0.3 is 15.4 Å². The molecule has 0 aliphatic carbocycles. The van der Waals surface area contributed by atoms with Crippen LogP contribution in [-0.2, 0) is 11.2 Å². The molecule has 2 atom stereocenters. The maximum atomic E-state index is 11.9. The highest BCUT2D eigenvalue weighted by Crippen LogP contribution is 2.20. The fourth-order valence-corrected chi connectivity index (χ4v) is 2.42. The molecule has 0 saturated carbocycles. The van der Waals surface area contributed by atoms with Crippen molar-refractivity contribution in [3.05, 3.63) is 59.9 Å². The number of aliphatic hydroxyl groups is 1. The van der Waals surface area contributed by atoms with E-state index in [2.05, 4.69) is 10.3 Å². The number of H-pyrrole nitrogens is 1. The van der Waals surface area contributed by atoms with Crippen LogP contribution >= 0.6 is 0 Å². The van der Waals surface area contributed by atoms with Gasteiger partial charge in [-0.25, -0.2) is 0 Å². The average Bonchev–Trinajstić information content (AvgIpc) is 2.97. The molecule has 1 heterocycles. The minimum absolute atomic E-state index is 0.0102. The van der Waals surface area contributed by atoms with E-state index in [0.717, 1.165) is 11.3 Å². The Kier molecular flexibility index (Phi) is 5.58. The predicted molar refractivity (Wildman–Crippen MR) is 83.0 cm³/mol. The third-order valence-corrected chi connectivity index (χ3v) is 3.46. The van der Waals surface area contributed by atoms with Gasteiger partial charge in [0, 0.05) is 24.4 Å². The summed E-state index contributed by atoms with van der Waals surface area (Å²) in [6, 6.07) is 13.8. The van der Waals surface area contributed by atoms with E-state index in [0.29, 0.717) is 19.4 Å². The van der Waals surface area contributed by atoms with Crippen molar-refractivity contribution in [1.29, 1.82) is 0 Å². The highest BCUT2D eigenvalue weighted by atomic mass is 16.3. The van der Waals surface area contributed by atoms with Gasteiger partial charge in [0.15, 0.2) is 0 Å². The van der Waals surface area contributed by atoms with E-state index < -0.39 is 6.10 Å². The molecule has 21 heavy (non-hydrogen) atoms. The molecular weight excluding hydrogens is 264 g/mol. The zero-order chi connectivity index (χ0) is 15.1. The first-order valence-electron chi connectivity index (χ1n) is 7.27. The Bertz CT molecular complexity index is 535. The number of carbonyl (C=O) groups excluding carboxylic acids is 1. The molecule has 4 nitrogen and oxygen atoms in total. The highest BCUT2D eigenvalue weighted by Gasteiger charge is 2.15. The van der Waals surface area contributed by atoms with Gasteiger partial charge in [-0.3, -0.25) is 4.79 Å². The number of aromatic amines is 1. The summed E-state index contributed by atoms with van der Waals surface area (Å²) in [4.78, 5) is 15.0. The van der Waals surface area contributed by atoms with Crippen LogP contribution in [0, 0.1) is 0 Å². The standard InChI is InChI=1S/C17H22N2O2/c1-13(20)10-15(14-6-3-2-4-7-14)12-19-17(21)11-16-8-5-9-18-16/h2-9,13,15,18,20H,10-12H2,1H3,(H,19,21). The predicted octanol–water partition coefficient (Wildman–Crippen LogP) is 2.23. The summed E-state index contributed by atoms with van der Waals surface area (Å²) in [7, 11) is 0. The first kappa shape index (κ1) is 15.3. The van der Waals surface area contributed by atoms with Crippen molar-refractivity contribution in [3.63, 3.8) is 0 Å². The molecule has 3 N–H and O–H groups in total. The number of nitrogens with one attached hydrogen (secondary N) is 2. The number of aliphatic hydroxyl groups excluding tert-OH is 1. The van der Waals surface area contributed by atoms with Gasteiger partial charge in [0.2, 0.25) is 5.91 Å². The molecular formula is C17H22N2O2. The molecule has 0 spiro atoms. The van der Waals surface area contributed by atoms with Gasteiger partial charge in [0.25, 0.3) is 0 Å². The fraction of sp³-hybridized carbons (Fsp3) is 0.353. The first-order chi connectivity index (χ1) is 10.1. The number of aromatic nitrogens is 1. The third-order valence-electron chi connectivity index (χ3n) is 3.46. The lowest BCUT2D eigenvalue weighted by molar-refractivity contribution is -0.120. The zero-order valence-electron chi connectivity index (χ0n) is 12.3. The molecule has 2 aromatic rings. The van der Waals surface area contributed by atoms with Gasteiger partial charge in [-0.1, -0.05) is 30.3 Å². The third kappa shape index (κ3) is 5.08. The van der Waals surface area contributed by atoms with Gasteiger partial charge >= 0.3 is 0 Å². The van der Waals surface area contributed by atoms with Gasteiger partial charge in [-0.2, -0.15) is 0 Å². The molecule has 1 aromatic carbocycles. The molecule has 4 heteroatoms. The molecule has 2 rings (SSSR count). The van der Waals surface area contributed by atoms with Crippen molar-refractivity contribution in [3.8, 4) is 0 Å². The topological polar surface area (TPSA) is 65.1 Å². The van der Waals surface area contributed by atoms with E-state index >= 15 is 0 Å². The average molecular weight is 286 g/mol. The second-order valence-corrected chi connectivity index (χ2v) is 5.37. The Labute approximate surface area is 125 Å². The summed E-state index contributed by atoms with van der Waals surface area (Å²) in [6.45, 7) is 2.31. The monoisotopic (exact) mass is 286 g/mol. The second-order valence-electron chi connectivity index (χ2n) is 5.37. The first-order valence-corrected chi connectivity index (χ1v) is 7.27. The summed E-state index contributed by atoms with van der Waals surface area (Å²) in [6.07, 6.45) is 2.40. The minimum Gasteiger partial charge on any atom is -0.393 e. The van der Waals surface area contributed by atoms with Gasteiger partial charge in [0.05, 0.1) is 12.5 Å². The van der Waals surface area contributed by atoms with Crippen LogP contribution in [0.1, 0.15) is 30.5 Å². The Balaban J connectivity index is 1.91. The molecule has 1 amide bonds. The van der Waals surface area contributed by atoms with Crippen molar-refractivity contribution in [1.82, 2.24) is 10.3 Å². The molecule has 0 bridgehead atoms. The van der Waals surface area contributed by atoms with Crippen LogP contribution in [0.3, 0.4) is 0 Å². The van der Waals surface area contributed by atoms with Crippen LogP contribution in [0.5, 0.6) is 0 Å². The minimum atomic E-state index is -0.393. The van der Waals surface area contributed by atoms with Crippen molar-refractivity contribution < 1.29 is 9.90 Å². The van der Waals surface area contributed by atoms with E-state index in [-0.39, 0.29) is 11.8 Å². The van der Waals surface area contributed by atoms with Crippen LogP contribution in [-0.4, -0.2) is 28.6 Å². The lowest BCUT2D eigenvalue weighted by Crippen LogP contribution is -2.31. The number of rotatable bonds is 7. The summed E-state index contributed by atoms with van der Waals surface area (Å²) in [5.74, 6) is 0.114. The normalized spacial score (nSPS) is 13.6. The quantitative estimate of drug-likeness (QED) is 0.731. The molecule has 0 saturated heterocycles. The van der Waals surface area contributed by atoms with Crippen molar-refractivity contribution in [2.75, 3.05) is 6.54 Å². The lowest BCUT2D eigenvalue weighted by Gasteiger charge is -2.19. The van der Waals surface area contributed by atoms with E-state index in [1.165, 1.54) is 0 Å². The van der Waals surface area contributed by atoms with Crippen LogP contribution in [0.4, 0.5) is 0 Å². The number of hydrogen-bond donors (Lipinski definition) is 3. The second kappa shape index (κ2) is 7.64. The van der Waals surface area contributed by atoms with E-state index in [4.69, 9.17) is 0 Å². The maximum absolute atomic E-state index is 11.9. The van der Waals surface area contributed by atoms with Crippen molar-refractivity contribution >= 4 is 5.91 Å². The molecule has 2 unspecified atom stereocenters. The Morgan fingerprint density at radius 2 is 2.00 bits per heavy atom. The Hall–Kier alpha value is -2.07. The molecule has 112 valence electrons. The number of carbonyl (C=O) groups is 1. The SMILES string of the molecule is CC(O)CC(CNC(=O)Cc1ccc[nH]1)c1ccccc1. The van der Waals surface area contributed by atoms with E-state index in [9.17, 15) is 9.90 Å². The smallest absolute Gasteiger partial charge is 0.225 e. The summed E-state index contributed by atoms with van der Waals surface area (Å²) in [5.41, 5.74) is 2.04. The summed E-state index contributed by atoms with van der Waals surface area (Å²) < 4.78 is 0. The van der Waals surface area contributed by atoms with Crippen LogP contribution in [0.15, 0.2) is 48.7 Å². The number of benzene rings is 1. The number of hydrogen-bond acceptors (Lipinski definition) is 2. The fourth-order valence-electron chi connectivity index (χ4n) is 2.42. The van der Waals surface area contributed by atoms with Crippen molar-refractivity contribution in [2.45, 2.75) is 31.8 Å². The Morgan fingerprint density at radius 1 is 1.24 bits per heavy atom. The lowest BCUT2D eigenvalue weighted by atomic mass is 9.93. The van der Waals surface area contributed by atoms with Gasteiger partial charge in [-0.15, -0.1) is 0 Å². The van der Waals surface area contributed by atoms with E-state index in [1.54, 1.807) is 6.92 Å². The molecule has 0 aliphatic heterocycles. The Morgan fingerprint density at radius 3 is 2.62 bits per heavy atom. The molecule has 0 radical (unpaired) electrons. The van der Waals surface area contributed by atoms with Crippen LogP contribution in [0.25, 0.3) is 0 Å². The summed E-state index contributed by atoms with van der Waals surface area (Å²) in [5, 5.41) is 12.6. The zero-order valence-corrected chi connectivity index (χ0v) is 12.3. The van der Waals surface area contributed by atoms with Crippen LogP contribution < -0.4 is 5.32 Å². The molecule has 0 fully saturated rings. The largest absolute Gasteiger partial charge is 0.393 e. The van der Waals surface area contributed by atoms with Gasteiger partial charge in [0.1, 0.15) is 0 Å². The molecule has 1 aromatic heterocycles. The number of amides is 1. The van der Waals surface area contributed by atoms with Gasteiger partial charge in [-0.05, 0) is 31.0 Å². The highest BCUT2D eigenvalue weighted by molar-refractivity contribution is 5.78. The van der Waals surface area contributed by atoms with Crippen molar-refractivity contribution in [2.24, 2.45) is 0 Å².